The van der Waals surface area contributed by atoms with Crippen molar-refractivity contribution in [2.75, 3.05) is 5.75 Å². The summed E-state index contributed by atoms with van der Waals surface area (Å²) in [5.41, 5.74) is 1.63. The molecule has 0 heterocycles. The highest BCUT2D eigenvalue weighted by atomic mass is 32.2. The predicted octanol–water partition coefficient (Wildman–Crippen LogP) is 3.36. The summed E-state index contributed by atoms with van der Waals surface area (Å²) in [5.74, 6) is 0.811. The van der Waals surface area contributed by atoms with E-state index < -0.39 is 0 Å². The molecule has 1 amide bonds. The molecule has 0 saturated heterocycles. The number of thioether (sulfide) groups is 1. The third-order valence-corrected chi connectivity index (χ3v) is 3.93. The second-order valence-corrected chi connectivity index (χ2v) is 5.67. The lowest BCUT2D eigenvalue weighted by atomic mass is 10.1. The zero-order valence-corrected chi connectivity index (χ0v) is 12.4. The van der Waals surface area contributed by atoms with Crippen LogP contribution in [0.2, 0.25) is 0 Å². The first-order valence-electron chi connectivity index (χ1n) is 6.71. The van der Waals surface area contributed by atoms with Gasteiger partial charge in [0.05, 0.1) is 11.6 Å². The van der Waals surface area contributed by atoms with Crippen LogP contribution in [0.3, 0.4) is 0 Å². The molecular formula is C17H16N2OS. The third-order valence-electron chi connectivity index (χ3n) is 2.91. The molecule has 0 atom stereocenters. The van der Waals surface area contributed by atoms with Crippen LogP contribution in [0, 0.1) is 11.3 Å². The van der Waals surface area contributed by atoms with Gasteiger partial charge in [0, 0.05) is 23.6 Å². The molecule has 2 aromatic carbocycles. The van der Waals surface area contributed by atoms with Crippen LogP contribution in [-0.4, -0.2) is 11.7 Å². The van der Waals surface area contributed by atoms with Gasteiger partial charge in [0.2, 0.25) is 5.91 Å². The SMILES string of the molecule is N#Cc1ccc(CNC(=O)CCSc2ccccc2)cc1. The molecule has 3 nitrogen and oxygen atoms in total. The van der Waals surface area contributed by atoms with Crippen molar-refractivity contribution in [1.82, 2.24) is 5.32 Å². The maximum absolute atomic E-state index is 11.8. The van der Waals surface area contributed by atoms with E-state index in [1.165, 1.54) is 4.90 Å². The quantitative estimate of drug-likeness (QED) is 0.832. The maximum Gasteiger partial charge on any atom is 0.221 e. The van der Waals surface area contributed by atoms with E-state index in [0.717, 1.165) is 11.3 Å². The maximum atomic E-state index is 11.8. The number of rotatable bonds is 6. The van der Waals surface area contributed by atoms with Gasteiger partial charge in [-0.1, -0.05) is 30.3 Å². The molecule has 0 aromatic heterocycles. The lowest BCUT2D eigenvalue weighted by molar-refractivity contribution is -0.120. The summed E-state index contributed by atoms with van der Waals surface area (Å²) in [6.45, 7) is 0.501. The van der Waals surface area contributed by atoms with Crippen LogP contribution in [0.4, 0.5) is 0 Å². The Morgan fingerprint density at radius 1 is 1.10 bits per heavy atom. The normalized spacial score (nSPS) is 9.86. The Morgan fingerprint density at radius 3 is 2.48 bits per heavy atom. The Hall–Kier alpha value is -2.25. The molecule has 1 N–H and O–H groups in total. The first-order chi connectivity index (χ1) is 10.3. The Balaban J connectivity index is 1.68. The summed E-state index contributed by atoms with van der Waals surface area (Å²) in [6, 6.07) is 19.4. The second kappa shape index (κ2) is 8.13. The van der Waals surface area contributed by atoms with E-state index >= 15 is 0 Å². The van der Waals surface area contributed by atoms with E-state index in [4.69, 9.17) is 5.26 Å². The lowest BCUT2D eigenvalue weighted by Gasteiger charge is -2.05. The molecule has 0 bridgehead atoms. The molecular weight excluding hydrogens is 280 g/mol. The van der Waals surface area contributed by atoms with Gasteiger partial charge in [-0.05, 0) is 29.8 Å². The summed E-state index contributed by atoms with van der Waals surface area (Å²) in [7, 11) is 0. The minimum Gasteiger partial charge on any atom is -0.352 e. The smallest absolute Gasteiger partial charge is 0.221 e. The van der Waals surface area contributed by atoms with Crippen LogP contribution in [0.25, 0.3) is 0 Å². The highest BCUT2D eigenvalue weighted by Gasteiger charge is 2.02. The standard InChI is InChI=1S/C17H16N2OS/c18-12-14-6-8-15(9-7-14)13-19-17(20)10-11-21-16-4-2-1-3-5-16/h1-9H,10-11,13H2,(H,19,20). The summed E-state index contributed by atoms with van der Waals surface area (Å²) >= 11 is 1.68. The van der Waals surface area contributed by atoms with Crippen molar-refractivity contribution in [3.8, 4) is 6.07 Å². The van der Waals surface area contributed by atoms with Gasteiger partial charge in [0.1, 0.15) is 0 Å². The average Bonchev–Trinajstić information content (AvgIpc) is 2.54. The van der Waals surface area contributed by atoms with Gasteiger partial charge < -0.3 is 5.32 Å². The zero-order chi connectivity index (χ0) is 14.9. The van der Waals surface area contributed by atoms with Crippen molar-refractivity contribution in [1.29, 1.82) is 5.26 Å². The van der Waals surface area contributed by atoms with Crippen LogP contribution in [0.5, 0.6) is 0 Å². The molecule has 0 aliphatic heterocycles. The van der Waals surface area contributed by atoms with Crippen molar-refractivity contribution in [3.63, 3.8) is 0 Å². The van der Waals surface area contributed by atoms with Crippen LogP contribution in [0.15, 0.2) is 59.5 Å². The van der Waals surface area contributed by atoms with Crippen molar-refractivity contribution in [2.45, 2.75) is 17.9 Å². The minimum absolute atomic E-state index is 0.0443. The first kappa shape index (κ1) is 15.1. The number of nitrogens with one attached hydrogen (secondary N) is 1. The van der Waals surface area contributed by atoms with Gasteiger partial charge in [-0.3, -0.25) is 4.79 Å². The number of benzene rings is 2. The Kier molecular flexibility index (Phi) is 5.86. The number of hydrogen-bond donors (Lipinski definition) is 1. The predicted molar refractivity (Wildman–Crippen MR) is 84.8 cm³/mol. The minimum atomic E-state index is 0.0443. The van der Waals surface area contributed by atoms with Crippen molar-refractivity contribution >= 4 is 17.7 Å². The second-order valence-electron chi connectivity index (χ2n) is 4.50. The van der Waals surface area contributed by atoms with E-state index in [0.29, 0.717) is 18.5 Å². The van der Waals surface area contributed by atoms with E-state index in [-0.39, 0.29) is 5.91 Å². The fourth-order valence-electron chi connectivity index (χ4n) is 1.76. The Bertz CT molecular complexity index is 617. The molecule has 4 heteroatoms. The highest BCUT2D eigenvalue weighted by Crippen LogP contribution is 2.17. The number of hydrogen-bond acceptors (Lipinski definition) is 3. The number of amides is 1. The van der Waals surface area contributed by atoms with Gasteiger partial charge in [-0.25, -0.2) is 0 Å². The van der Waals surface area contributed by atoms with Gasteiger partial charge >= 0.3 is 0 Å². The first-order valence-corrected chi connectivity index (χ1v) is 7.70. The zero-order valence-electron chi connectivity index (χ0n) is 11.6. The molecule has 0 radical (unpaired) electrons. The molecule has 106 valence electrons. The fourth-order valence-corrected chi connectivity index (χ4v) is 2.64. The molecule has 0 aliphatic rings. The van der Waals surface area contributed by atoms with E-state index in [9.17, 15) is 4.79 Å². The summed E-state index contributed by atoms with van der Waals surface area (Å²) in [6.07, 6.45) is 0.496. The average molecular weight is 296 g/mol. The molecule has 2 rings (SSSR count). The number of nitriles is 1. The van der Waals surface area contributed by atoms with Gasteiger partial charge in [0.25, 0.3) is 0 Å². The molecule has 0 spiro atoms. The van der Waals surface area contributed by atoms with Crippen molar-refractivity contribution in [2.24, 2.45) is 0 Å². The monoisotopic (exact) mass is 296 g/mol. The number of nitrogens with zero attached hydrogens (tertiary/aromatic N) is 1. The van der Waals surface area contributed by atoms with Crippen LogP contribution < -0.4 is 5.32 Å². The molecule has 0 unspecified atom stereocenters. The molecule has 2 aromatic rings. The van der Waals surface area contributed by atoms with E-state index in [1.807, 2.05) is 42.5 Å². The lowest BCUT2D eigenvalue weighted by Crippen LogP contribution is -2.22. The van der Waals surface area contributed by atoms with Crippen LogP contribution in [-0.2, 0) is 11.3 Å². The third kappa shape index (κ3) is 5.33. The highest BCUT2D eigenvalue weighted by molar-refractivity contribution is 7.99. The molecule has 0 saturated carbocycles. The van der Waals surface area contributed by atoms with Crippen LogP contribution >= 0.6 is 11.8 Å². The Morgan fingerprint density at radius 2 is 1.81 bits per heavy atom. The molecule has 21 heavy (non-hydrogen) atoms. The summed E-state index contributed by atoms with van der Waals surface area (Å²) in [4.78, 5) is 12.9. The topological polar surface area (TPSA) is 52.9 Å². The fraction of sp³-hybridized carbons (Fsp3) is 0.176. The van der Waals surface area contributed by atoms with Crippen LogP contribution in [0.1, 0.15) is 17.5 Å². The largest absolute Gasteiger partial charge is 0.352 e. The van der Waals surface area contributed by atoms with Crippen molar-refractivity contribution in [3.05, 3.63) is 65.7 Å². The number of carbonyl (C=O) groups excluding carboxylic acids is 1. The summed E-state index contributed by atoms with van der Waals surface area (Å²) < 4.78 is 0. The summed E-state index contributed by atoms with van der Waals surface area (Å²) in [5, 5.41) is 11.6. The molecule has 0 fully saturated rings. The number of carbonyl (C=O) groups is 1. The van der Waals surface area contributed by atoms with E-state index in [2.05, 4.69) is 11.4 Å². The van der Waals surface area contributed by atoms with E-state index in [1.54, 1.807) is 23.9 Å². The molecule has 0 aliphatic carbocycles. The van der Waals surface area contributed by atoms with Crippen molar-refractivity contribution < 1.29 is 4.79 Å². The van der Waals surface area contributed by atoms with Gasteiger partial charge in [-0.2, -0.15) is 5.26 Å². The van der Waals surface area contributed by atoms with Gasteiger partial charge in [-0.15, -0.1) is 11.8 Å². The Labute approximate surface area is 129 Å². The van der Waals surface area contributed by atoms with Gasteiger partial charge in [0.15, 0.2) is 0 Å².